The molecule has 1 unspecified atom stereocenters. The van der Waals surface area contributed by atoms with Crippen molar-refractivity contribution >= 4 is 48.5 Å². The van der Waals surface area contributed by atoms with Crippen LogP contribution in [0.3, 0.4) is 0 Å². The van der Waals surface area contributed by atoms with Crippen LogP contribution in [0.15, 0.2) is 35.1 Å². The van der Waals surface area contributed by atoms with Crippen molar-refractivity contribution in [3.05, 3.63) is 57.8 Å². The molecule has 1 aromatic carbocycles. The first-order valence-corrected chi connectivity index (χ1v) is 10.7. The number of rotatable bonds is 6. The van der Waals surface area contributed by atoms with Crippen molar-refractivity contribution < 1.29 is 22.0 Å². The number of H-pyrrole nitrogens is 1. The third-order valence-electron chi connectivity index (χ3n) is 4.42. The molecule has 28 heavy (non-hydrogen) atoms. The summed E-state index contributed by atoms with van der Waals surface area (Å²) in [5.74, 6) is -3.29. The Balaban J connectivity index is 2.09. The third kappa shape index (κ3) is 3.66. The molecule has 1 atom stereocenters. The zero-order chi connectivity index (χ0) is 20.6. The Labute approximate surface area is 168 Å². The second-order valence-corrected chi connectivity index (χ2v) is 9.25. The summed E-state index contributed by atoms with van der Waals surface area (Å²) in [6.07, 6.45) is 3.13. The molecule has 2 N–H and O–H groups in total. The molecule has 10 heteroatoms. The number of fused-ring (bicyclic) bond motifs is 1. The van der Waals surface area contributed by atoms with E-state index in [-0.39, 0.29) is 5.56 Å². The highest BCUT2D eigenvalue weighted by molar-refractivity contribution is 9.10. The molecule has 0 amide bonds. The average molecular weight is 472 g/mol. The molecular formula is C18H16BrF2N3O3S. The molecule has 0 aliphatic carbocycles. The van der Waals surface area contributed by atoms with Gasteiger partial charge >= 0.3 is 0 Å². The van der Waals surface area contributed by atoms with Gasteiger partial charge in [-0.15, -0.1) is 0 Å². The number of aromatic nitrogens is 2. The van der Waals surface area contributed by atoms with E-state index in [1.165, 1.54) is 19.3 Å². The van der Waals surface area contributed by atoms with Crippen LogP contribution in [0, 0.1) is 11.6 Å². The summed E-state index contributed by atoms with van der Waals surface area (Å²) < 4.78 is 56.4. The molecule has 2 heterocycles. The van der Waals surface area contributed by atoms with Crippen molar-refractivity contribution in [3.63, 3.8) is 0 Å². The first-order chi connectivity index (χ1) is 13.2. The van der Waals surface area contributed by atoms with Crippen LogP contribution in [-0.4, -0.2) is 29.4 Å². The van der Waals surface area contributed by atoms with Gasteiger partial charge in [0.15, 0.2) is 5.82 Å². The number of anilines is 1. The highest BCUT2D eigenvalue weighted by Crippen LogP contribution is 2.28. The van der Waals surface area contributed by atoms with Crippen LogP contribution in [0.25, 0.3) is 11.0 Å². The summed E-state index contributed by atoms with van der Waals surface area (Å²) in [4.78, 5) is 19.7. The van der Waals surface area contributed by atoms with Gasteiger partial charge in [-0.25, -0.2) is 22.2 Å². The minimum absolute atomic E-state index is 0.0172. The molecule has 0 aliphatic rings. The number of carbonyl (C=O) groups excluding carboxylic acids is 1. The topological polar surface area (TPSA) is 91.9 Å². The van der Waals surface area contributed by atoms with Crippen LogP contribution in [0.2, 0.25) is 0 Å². The Hall–Kier alpha value is -2.33. The number of halogens is 3. The van der Waals surface area contributed by atoms with E-state index in [0.717, 1.165) is 12.1 Å². The molecular weight excluding hydrogens is 456 g/mol. The largest absolute Gasteiger partial charge is 0.345 e. The molecule has 0 aliphatic heterocycles. The molecule has 0 spiro atoms. The van der Waals surface area contributed by atoms with E-state index in [1.54, 1.807) is 13.0 Å². The lowest BCUT2D eigenvalue weighted by atomic mass is 10.0. The molecule has 6 nitrogen and oxygen atoms in total. The van der Waals surface area contributed by atoms with Gasteiger partial charge in [-0.3, -0.25) is 9.52 Å². The van der Waals surface area contributed by atoms with Gasteiger partial charge in [0.05, 0.1) is 16.5 Å². The monoisotopic (exact) mass is 471 g/mol. The number of hydrogen-bond donors (Lipinski definition) is 2. The highest BCUT2D eigenvalue weighted by atomic mass is 79.9. The summed E-state index contributed by atoms with van der Waals surface area (Å²) >= 11 is 3.24. The fourth-order valence-electron chi connectivity index (χ4n) is 2.61. The Morgan fingerprint density at radius 2 is 2.07 bits per heavy atom. The van der Waals surface area contributed by atoms with E-state index in [0.29, 0.717) is 21.9 Å². The number of nitrogens with one attached hydrogen (secondary N) is 2. The molecule has 0 radical (unpaired) electrons. The molecule has 0 fully saturated rings. The smallest absolute Gasteiger partial charge is 0.235 e. The van der Waals surface area contributed by atoms with Crippen molar-refractivity contribution in [1.29, 1.82) is 0 Å². The Morgan fingerprint density at radius 1 is 1.36 bits per heavy atom. The Bertz CT molecular complexity index is 1180. The number of carbonyl (C=O) groups is 1. The van der Waals surface area contributed by atoms with Crippen LogP contribution in [0.1, 0.15) is 36.2 Å². The number of benzene rings is 1. The van der Waals surface area contributed by atoms with Crippen LogP contribution < -0.4 is 4.72 Å². The van der Waals surface area contributed by atoms with Gasteiger partial charge in [0, 0.05) is 27.8 Å². The number of nitrogens with zero attached hydrogens (tertiary/aromatic N) is 1. The maximum absolute atomic E-state index is 14.9. The van der Waals surface area contributed by atoms with Gasteiger partial charge in [-0.2, -0.15) is 0 Å². The summed E-state index contributed by atoms with van der Waals surface area (Å²) in [5.41, 5.74) is -0.932. The predicted molar refractivity (Wildman–Crippen MR) is 106 cm³/mol. The maximum atomic E-state index is 14.9. The number of aromatic amines is 1. The Kier molecular flexibility index (Phi) is 5.53. The molecule has 3 rings (SSSR count). The van der Waals surface area contributed by atoms with Crippen molar-refractivity contribution in [3.8, 4) is 0 Å². The normalized spacial score (nSPS) is 12.9. The number of pyridine rings is 1. The summed E-state index contributed by atoms with van der Waals surface area (Å²) in [6.45, 7) is 3.13. The highest BCUT2D eigenvalue weighted by Gasteiger charge is 2.27. The van der Waals surface area contributed by atoms with Crippen LogP contribution in [-0.2, 0) is 10.0 Å². The van der Waals surface area contributed by atoms with E-state index < -0.39 is 43.9 Å². The second kappa shape index (κ2) is 7.59. The minimum atomic E-state index is -3.88. The molecule has 3 aromatic rings. The van der Waals surface area contributed by atoms with E-state index in [9.17, 15) is 22.0 Å². The van der Waals surface area contributed by atoms with Crippen LogP contribution in [0.4, 0.5) is 14.5 Å². The van der Waals surface area contributed by atoms with Crippen molar-refractivity contribution in [2.75, 3.05) is 4.72 Å². The van der Waals surface area contributed by atoms with Gasteiger partial charge < -0.3 is 4.98 Å². The Morgan fingerprint density at radius 3 is 2.75 bits per heavy atom. The van der Waals surface area contributed by atoms with E-state index in [2.05, 4.69) is 30.6 Å². The van der Waals surface area contributed by atoms with Crippen LogP contribution >= 0.6 is 15.9 Å². The fraction of sp³-hybridized carbons (Fsp3) is 0.222. The zero-order valence-electron chi connectivity index (χ0n) is 14.9. The number of ketones is 1. The van der Waals surface area contributed by atoms with E-state index in [1.807, 2.05) is 0 Å². The maximum Gasteiger partial charge on any atom is 0.235 e. The SMILES string of the molecule is CCC(C)S(=O)(=O)Nc1ccc(F)c(C(=O)c2c[nH]c3ncc(Br)cc23)c1F. The van der Waals surface area contributed by atoms with Gasteiger partial charge in [0.1, 0.15) is 11.5 Å². The van der Waals surface area contributed by atoms with Gasteiger partial charge in [0.2, 0.25) is 15.8 Å². The van der Waals surface area contributed by atoms with Crippen molar-refractivity contribution in [2.45, 2.75) is 25.5 Å². The fourth-order valence-corrected chi connectivity index (χ4v) is 4.05. The zero-order valence-corrected chi connectivity index (χ0v) is 17.3. The standard InChI is InChI=1S/C18H16BrF2N3O3S/c1-3-9(2)28(26,27)24-14-5-4-13(20)15(16(14)21)17(25)12-8-23-18-11(12)6-10(19)7-22-18/h4-9,24H,3H2,1-2H3,(H,22,23). The predicted octanol–water partition coefficient (Wildman–Crippen LogP) is 4.37. The second-order valence-electron chi connectivity index (χ2n) is 6.23. The first-order valence-electron chi connectivity index (χ1n) is 8.32. The summed E-state index contributed by atoms with van der Waals surface area (Å²) in [7, 11) is -3.88. The number of hydrogen-bond acceptors (Lipinski definition) is 4. The summed E-state index contributed by atoms with van der Waals surface area (Å²) in [5, 5.41) is -0.406. The molecule has 148 valence electrons. The lowest BCUT2D eigenvalue weighted by molar-refractivity contribution is 0.103. The lowest BCUT2D eigenvalue weighted by Crippen LogP contribution is -2.25. The minimum Gasteiger partial charge on any atom is -0.345 e. The van der Waals surface area contributed by atoms with Gasteiger partial charge in [-0.05, 0) is 47.5 Å². The van der Waals surface area contributed by atoms with Crippen molar-refractivity contribution in [2.24, 2.45) is 0 Å². The molecule has 0 saturated carbocycles. The molecule has 0 bridgehead atoms. The van der Waals surface area contributed by atoms with Crippen molar-refractivity contribution in [1.82, 2.24) is 9.97 Å². The third-order valence-corrected chi connectivity index (χ3v) is 6.75. The molecule has 0 saturated heterocycles. The first kappa shape index (κ1) is 20.4. The summed E-state index contributed by atoms with van der Waals surface area (Å²) in [6, 6.07) is 3.40. The van der Waals surface area contributed by atoms with Crippen LogP contribution in [0.5, 0.6) is 0 Å². The average Bonchev–Trinajstić information content (AvgIpc) is 3.06. The lowest BCUT2D eigenvalue weighted by Gasteiger charge is -2.15. The van der Waals surface area contributed by atoms with Gasteiger partial charge in [-0.1, -0.05) is 6.92 Å². The van der Waals surface area contributed by atoms with E-state index in [4.69, 9.17) is 0 Å². The van der Waals surface area contributed by atoms with E-state index >= 15 is 0 Å². The number of sulfonamides is 1. The van der Waals surface area contributed by atoms with Gasteiger partial charge in [0.25, 0.3) is 0 Å². The quantitative estimate of drug-likeness (QED) is 0.521. The molecule has 2 aromatic heterocycles.